The summed E-state index contributed by atoms with van der Waals surface area (Å²) < 4.78 is 6.93. The van der Waals surface area contributed by atoms with Gasteiger partial charge in [-0.1, -0.05) is 27.2 Å². The SMILES string of the molecule is CCCC(OCC)c1nc(CC(C)C)c(I)c(NC)n1. The normalized spacial score (nSPS) is 12.8. The Morgan fingerprint density at radius 2 is 1.95 bits per heavy atom. The van der Waals surface area contributed by atoms with Gasteiger partial charge in [-0.05, 0) is 48.3 Å². The number of nitrogens with zero attached hydrogens (tertiary/aromatic N) is 2. The molecule has 0 aromatic carbocycles. The van der Waals surface area contributed by atoms with Gasteiger partial charge >= 0.3 is 0 Å². The molecule has 1 aromatic rings. The molecule has 0 bridgehead atoms. The van der Waals surface area contributed by atoms with Crippen LogP contribution in [0.15, 0.2) is 0 Å². The second-order valence-electron chi connectivity index (χ2n) is 5.27. The number of rotatable bonds is 8. The van der Waals surface area contributed by atoms with Crippen molar-refractivity contribution in [2.24, 2.45) is 5.92 Å². The van der Waals surface area contributed by atoms with Crippen LogP contribution in [0, 0.1) is 9.49 Å². The summed E-state index contributed by atoms with van der Waals surface area (Å²) in [5.74, 6) is 2.30. The highest BCUT2D eigenvalue weighted by atomic mass is 127. The third-order valence-electron chi connectivity index (χ3n) is 2.98. The van der Waals surface area contributed by atoms with Crippen molar-refractivity contribution < 1.29 is 4.74 Å². The second-order valence-corrected chi connectivity index (χ2v) is 6.35. The molecule has 0 saturated heterocycles. The molecular weight excluding hydrogens is 365 g/mol. The van der Waals surface area contributed by atoms with Crippen molar-refractivity contribution >= 4 is 28.4 Å². The standard InChI is InChI=1S/C15H26IN3O/c1-6-8-12(20-7-2)14-18-11(9-10(3)4)13(16)15(17-5)19-14/h10,12H,6-9H2,1-5H3,(H,17,18,19). The maximum Gasteiger partial charge on any atom is 0.159 e. The summed E-state index contributed by atoms with van der Waals surface area (Å²) in [5.41, 5.74) is 1.12. The molecule has 4 nitrogen and oxygen atoms in total. The first-order valence-electron chi connectivity index (χ1n) is 7.39. The van der Waals surface area contributed by atoms with E-state index in [-0.39, 0.29) is 6.10 Å². The fourth-order valence-corrected chi connectivity index (χ4v) is 2.83. The van der Waals surface area contributed by atoms with Crippen molar-refractivity contribution in [3.63, 3.8) is 0 Å². The van der Waals surface area contributed by atoms with Gasteiger partial charge in [0.2, 0.25) is 0 Å². The lowest BCUT2D eigenvalue weighted by Crippen LogP contribution is -2.14. The molecule has 1 N–H and O–H groups in total. The predicted octanol–water partition coefficient (Wildman–Crippen LogP) is 4.20. The fraction of sp³-hybridized carbons (Fsp3) is 0.733. The average molecular weight is 391 g/mol. The van der Waals surface area contributed by atoms with Gasteiger partial charge < -0.3 is 10.1 Å². The zero-order valence-corrected chi connectivity index (χ0v) is 15.3. The molecule has 0 aliphatic rings. The molecule has 1 atom stereocenters. The summed E-state index contributed by atoms with van der Waals surface area (Å²) in [6.07, 6.45) is 2.99. The molecule has 1 rings (SSSR count). The highest BCUT2D eigenvalue weighted by molar-refractivity contribution is 14.1. The lowest BCUT2D eigenvalue weighted by molar-refractivity contribution is 0.0492. The van der Waals surface area contributed by atoms with Crippen LogP contribution in [0.2, 0.25) is 0 Å². The van der Waals surface area contributed by atoms with Crippen molar-refractivity contribution in [2.45, 2.75) is 53.1 Å². The molecule has 0 radical (unpaired) electrons. The molecule has 0 fully saturated rings. The van der Waals surface area contributed by atoms with Crippen LogP contribution in [0.1, 0.15) is 58.2 Å². The summed E-state index contributed by atoms with van der Waals surface area (Å²) in [6.45, 7) is 9.29. The van der Waals surface area contributed by atoms with E-state index in [2.05, 4.69) is 53.7 Å². The van der Waals surface area contributed by atoms with Crippen molar-refractivity contribution in [3.8, 4) is 0 Å². The number of hydrogen-bond donors (Lipinski definition) is 1. The van der Waals surface area contributed by atoms with Crippen LogP contribution < -0.4 is 5.32 Å². The minimum absolute atomic E-state index is 0.0000113. The summed E-state index contributed by atoms with van der Waals surface area (Å²) >= 11 is 2.33. The lowest BCUT2D eigenvalue weighted by atomic mass is 10.1. The van der Waals surface area contributed by atoms with Gasteiger partial charge in [0.25, 0.3) is 0 Å². The molecule has 0 spiro atoms. The molecular formula is C15H26IN3O. The van der Waals surface area contributed by atoms with Gasteiger partial charge in [0.05, 0.1) is 9.26 Å². The quantitative estimate of drug-likeness (QED) is 0.675. The number of nitrogens with one attached hydrogen (secondary N) is 1. The highest BCUT2D eigenvalue weighted by Gasteiger charge is 2.19. The summed E-state index contributed by atoms with van der Waals surface area (Å²) in [7, 11) is 1.91. The minimum Gasteiger partial charge on any atom is -0.372 e. The molecule has 114 valence electrons. The molecule has 0 aliphatic carbocycles. The summed E-state index contributed by atoms with van der Waals surface area (Å²) in [4.78, 5) is 9.42. The van der Waals surface area contributed by atoms with E-state index in [1.807, 2.05) is 14.0 Å². The molecule has 1 aromatic heterocycles. The Labute approximate surface area is 136 Å². The van der Waals surface area contributed by atoms with Gasteiger partial charge in [-0.3, -0.25) is 0 Å². The number of hydrogen-bond acceptors (Lipinski definition) is 4. The number of anilines is 1. The zero-order chi connectivity index (χ0) is 15.1. The van der Waals surface area contributed by atoms with E-state index in [1.54, 1.807) is 0 Å². The van der Waals surface area contributed by atoms with Crippen molar-refractivity contribution in [2.75, 3.05) is 19.0 Å². The van der Waals surface area contributed by atoms with Crippen LogP contribution in [0.3, 0.4) is 0 Å². The van der Waals surface area contributed by atoms with Crippen LogP contribution in [-0.4, -0.2) is 23.6 Å². The van der Waals surface area contributed by atoms with E-state index in [0.717, 1.165) is 40.2 Å². The van der Waals surface area contributed by atoms with E-state index in [4.69, 9.17) is 9.72 Å². The first-order chi connectivity index (χ1) is 9.53. The molecule has 20 heavy (non-hydrogen) atoms. The van der Waals surface area contributed by atoms with Gasteiger partial charge in [-0.25, -0.2) is 9.97 Å². The smallest absolute Gasteiger partial charge is 0.159 e. The lowest BCUT2D eigenvalue weighted by Gasteiger charge is -2.18. The van der Waals surface area contributed by atoms with Crippen LogP contribution >= 0.6 is 22.6 Å². The molecule has 5 heteroatoms. The van der Waals surface area contributed by atoms with E-state index in [9.17, 15) is 0 Å². The highest BCUT2D eigenvalue weighted by Crippen LogP contribution is 2.26. The Bertz CT molecular complexity index is 418. The topological polar surface area (TPSA) is 47.0 Å². The third-order valence-corrected chi connectivity index (χ3v) is 4.12. The van der Waals surface area contributed by atoms with Crippen molar-refractivity contribution in [3.05, 3.63) is 15.1 Å². The largest absolute Gasteiger partial charge is 0.372 e. The van der Waals surface area contributed by atoms with Crippen LogP contribution in [0.25, 0.3) is 0 Å². The zero-order valence-electron chi connectivity index (χ0n) is 13.2. The Morgan fingerprint density at radius 1 is 1.25 bits per heavy atom. The minimum atomic E-state index is 0.0000113. The maximum atomic E-state index is 5.81. The summed E-state index contributed by atoms with van der Waals surface area (Å²) in [6, 6.07) is 0. The first-order valence-corrected chi connectivity index (χ1v) is 8.46. The van der Waals surface area contributed by atoms with Crippen molar-refractivity contribution in [1.29, 1.82) is 0 Å². The van der Waals surface area contributed by atoms with E-state index < -0.39 is 0 Å². The van der Waals surface area contributed by atoms with Crippen molar-refractivity contribution in [1.82, 2.24) is 9.97 Å². The molecule has 0 saturated carbocycles. The molecule has 1 unspecified atom stereocenters. The Balaban J connectivity index is 3.17. The van der Waals surface area contributed by atoms with Gasteiger partial charge in [0, 0.05) is 13.7 Å². The van der Waals surface area contributed by atoms with Gasteiger partial charge in [0.1, 0.15) is 11.9 Å². The number of ether oxygens (including phenoxy) is 1. The van der Waals surface area contributed by atoms with Crippen LogP contribution in [0.4, 0.5) is 5.82 Å². The fourth-order valence-electron chi connectivity index (χ4n) is 2.09. The van der Waals surface area contributed by atoms with E-state index in [1.165, 1.54) is 0 Å². The van der Waals surface area contributed by atoms with Gasteiger partial charge in [0.15, 0.2) is 5.82 Å². The Morgan fingerprint density at radius 3 is 2.45 bits per heavy atom. The average Bonchev–Trinajstić information content (AvgIpc) is 2.40. The van der Waals surface area contributed by atoms with E-state index >= 15 is 0 Å². The van der Waals surface area contributed by atoms with Crippen LogP contribution in [0.5, 0.6) is 0 Å². The third kappa shape index (κ3) is 4.84. The Kier molecular flexibility index (Phi) is 7.72. The molecule has 1 heterocycles. The summed E-state index contributed by atoms with van der Waals surface area (Å²) in [5, 5.41) is 3.17. The maximum absolute atomic E-state index is 5.81. The predicted molar refractivity (Wildman–Crippen MR) is 92.1 cm³/mol. The Hall–Kier alpha value is -0.430. The second kappa shape index (κ2) is 8.77. The van der Waals surface area contributed by atoms with Gasteiger partial charge in [-0.15, -0.1) is 0 Å². The molecule has 0 amide bonds. The molecule has 0 aliphatic heterocycles. The first kappa shape index (κ1) is 17.6. The number of aromatic nitrogens is 2. The van der Waals surface area contributed by atoms with Gasteiger partial charge in [-0.2, -0.15) is 0 Å². The van der Waals surface area contributed by atoms with Crippen LogP contribution in [-0.2, 0) is 11.2 Å². The monoisotopic (exact) mass is 391 g/mol. The van der Waals surface area contributed by atoms with E-state index in [0.29, 0.717) is 12.5 Å². The number of halogens is 1.